The summed E-state index contributed by atoms with van der Waals surface area (Å²) in [5.41, 5.74) is 8.82. The van der Waals surface area contributed by atoms with E-state index in [1.165, 1.54) is 5.56 Å². The number of fused-ring (bicyclic) bond motifs is 1. The third kappa shape index (κ3) is 2.50. The number of nitrogen functional groups attached to an aromatic ring is 1. The van der Waals surface area contributed by atoms with Crippen LogP contribution in [0.25, 0.3) is 11.4 Å². The molecule has 0 atom stereocenters. The number of aryl methyl sites for hydroxylation is 1. The molecule has 1 aromatic carbocycles. The number of hydrogen-bond donors (Lipinski definition) is 1. The van der Waals surface area contributed by atoms with Gasteiger partial charge >= 0.3 is 0 Å². The average molecular weight is 348 g/mol. The van der Waals surface area contributed by atoms with Crippen molar-refractivity contribution in [1.82, 2.24) is 9.97 Å². The van der Waals surface area contributed by atoms with Gasteiger partial charge in [0, 0.05) is 6.42 Å². The van der Waals surface area contributed by atoms with E-state index in [1.807, 2.05) is 19.1 Å². The number of halogens is 1. The molecule has 0 saturated carbocycles. The molecule has 2 N–H and O–H groups in total. The molecule has 21 heavy (non-hydrogen) atoms. The molecular formula is C16H18BrN3O. The summed E-state index contributed by atoms with van der Waals surface area (Å²) in [4.78, 5) is 9.05. The summed E-state index contributed by atoms with van der Waals surface area (Å²) in [5, 5.41) is 0. The van der Waals surface area contributed by atoms with Crippen molar-refractivity contribution in [2.45, 2.75) is 39.2 Å². The molecule has 1 aliphatic rings. The van der Waals surface area contributed by atoms with Crippen molar-refractivity contribution in [1.29, 1.82) is 0 Å². The van der Waals surface area contributed by atoms with Gasteiger partial charge in [-0.3, -0.25) is 0 Å². The van der Waals surface area contributed by atoms with Crippen LogP contribution < -0.4 is 10.5 Å². The molecule has 0 fully saturated rings. The van der Waals surface area contributed by atoms with E-state index >= 15 is 0 Å². The Hall–Kier alpha value is -1.62. The number of nitrogens with two attached hydrogens (primary N) is 1. The summed E-state index contributed by atoms with van der Waals surface area (Å²) in [6.45, 7) is 6.22. The van der Waals surface area contributed by atoms with Crippen LogP contribution in [-0.2, 0) is 12.8 Å². The van der Waals surface area contributed by atoms with Crippen LogP contribution in [0.2, 0.25) is 0 Å². The first kappa shape index (κ1) is 14.3. The van der Waals surface area contributed by atoms with E-state index in [-0.39, 0.29) is 5.60 Å². The Morgan fingerprint density at radius 3 is 2.81 bits per heavy atom. The van der Waals surface area contributed by atoms with E-state index in [4.69, 9.17) is 10.5 Å². The number of nitrogens with zero attached hydrogens (tertiary/aromatic N) is 2. The second-order valence-corrected chi connectivity index (χ2v) is 6.67. The molecule has 0 radical (unpaired) electrons. The average Bonchev–Trinajstić information content (AvgIpc) is 2.75. The highest BCUT2D eigenvalue weighted by molar-refractivity contribution is 9.10. The predicted octanol–water partition coefficient (Wildman–Crippen LogP) is 3.76. The second kappa shape index (κ2) is 4.98. The van der Waals surface area contributed by atoms with Gasteiger partial charge < -0.3 is 10.5 Å². The Bertz CT molecular complexity index is 713. The Kier molecular flexibility index (Phi) is 3.40. The highest BCUT2D eigenvalue weighted by atomic mass is 79.9. The topological polar surface area (TPSA) is 61.0 Å². The third-order valence-corrected chi connectivity index (χ3v) is 4.48. The fraction of sp³-hybridized carbons (Fsp3) is 0.375. The quantitative estimate of drug-likeness (QED) is 0.898. The lowest BCUT2D eigenvalue weighted by atomic mass is 10.0. The lowest BCUT2D eigenvalue weighted by Crippen LogP contribution is -2.24. The zero-order valence-corrected chi connectivity index (χ0v) is 14.0. The van der Waals surface area contributed by atoms with Crippen molar-refractivity contribution in [3.63, 3.8) is 0 Å². The number of benzene rings is 1. The summed E-state index contributed by atoms with van der Waals surface area (Å²) in [6.07, 6.45) is 1.69. The molecule has 2 aromatic rings. The van der Waals surface area contributed by atoms with Crippen molar-refractivity contribution < 1.29 is 4.74 Å². The largest absolute Gasteiger partial charge is 0.486 e. The molecule has 3 rings (SSSR count). The summed E-state index contributed by atoms with van der Waals surface area (Å²) in [5.74, 6) is 1.97. The van der Waals surface area contributed by atoms with Crippen LogP contribution in [0.5, 0.6) is 5.75 Å². The lowest BCUT2D eigenvalue weighted by Gasteiger charge is -2.18. The Labute approximate surface area is 132 Å². The van der Waals surface area contributed by atoms with Crippen molar-refractivity contribution in [2.24, 2.45) is 0 Å². The zero-order valence-electron chi connectivity index (χ0n) is 12.4. The number of para-hydroxylation sites is 1. The summed E-state index contributed by atoms with van der Waals surface area (Å²) in [7, 11) is 0. The van der Waals surface area contributed by atoms with Gasteiger partial charge in [-0.2, -0.15) is 0 Å². The van der Waals surface area contributed by atoms with Gasteiger partial charge in [-0.25, -0.2) is 9.97 Å². The van der Waals surface area contributed by atoms with Gasteiger partial charge in [0.05, 0.1) is 15.7 Å². The van der Waals surface area contributed by atoms with Gasteiger partial charge in [0.25, 0.3) is 0 Å². The van der Waals surface area contributed by atoms with E-state index in [9.17, 15) is 0 Å². The minimum Gasteiger partial charge on any atom is -0.486 e. The Balaban J connectivity index is 2.16. The van der Waals surface area contributed by atoms with Gasteiger partial charge in [-0.15, -0.1) is 0 Å². The fourth-order valence-corrected chi connectivity index (χ4v) is 3.12. The van der Waals surface area contributed by atoms with Gasteiger partial charge in [0.15, 0.2) is 5.82 Å². The highest BCUT2D eigenvalue weighted by Crippen LogP contribution is 2.41. The first-order valence-corrected chi connectivity index (χ1v) is 7.84. The second-order valence-electron chi connectivity index (χ2n) is 5.88. The molecule has 0 bridgehead atoms. The minimum absolute atomic E-state index is 0.188. The van der Waals surface area contributed by atoms with Crippen molar-refractivity contribution in [3.05, 3.63) is 33.9 Å². The molecule has 2 heterocycles. The number of rotatable bonds is 2. The SMILES string of the molecule is CCc1nc(-c2cccc3c2OC(C)(C)C3)nc(N)c1Br. The molecular weight excluding hydrogens is 330 g/mol. The molecule has 5 heteroatoms. The lowest BCUT2D eigenvalue weighted by molar-refractivity contribution is 0.139. The van der Waals surface area contributed by atoms with Gasteiger partial charge in [-0.1, -0.05) is 19.1 Å². The molecule has 0 aliphatic carbocycles. The summed E-state index contributed by atoms with van der Waals surface area (Å²) < 4.78 is 6.87. The van der Waals surface area contributed by atoms with E-state index in [0.29, 0.717) is 11.6 Å². The Morgan fingerprint density at radius 1 is 1.33 bits per heavy atom. The van der Waals surface area contributed by atoms with E-state index < -0.39 is 0 Å². The summed E-state index contributed by atoms with van der Waals surface area (Å²) in [6, 6.07) is 6.10. The molecule has 0 spiro atoms. The molecule has 0 saturated heterocycles. The predicted molar refractivity (Wildman–Crippen MR) is 87.4 cm³/mol. The maximum Gasteiger partial charge on any atom is 0.165 e. The number of ether oxygens (including phenoxy) is 1. The maximum absolute atomic E-state index is 6.09. The van der Waals surface area contributed by atoms with Crippen LogP contribution in [0, 0.1) is 0 Å². The van der Waals surface area contributed by atoms with Crippen molar-refractivity contribution in [2.75, 3.05) is 5.73 Å². The van der Waals surface area contributed by atoms with Crippen molar-refractivity contribution in [3.8, 4) is 17.1 Å². The third-order valence-electron chi connectivity index (χ3n) is 3.61. The smallest absolute Gasteiger partial charge is 0.165 e. The monoisotopic (exact) mass is 347 g/mol. The fourth-order valence-electron chi connectivity index (χ4n) is 2.66. The van der Waals surface area contributed by atoms with Crippen LogP contribution in [0.3, 0.4) is 0 Å². The Morgan fingerprint density at radius 2 is 2.10 bits per heavy atom. The number of aromatic nitrogens is 2. The first-order chi connectivity index (χ1) is 9.91. The molecule has 0 amide bonds. The first-order valence-electron chi connectivity index (χ1n) is 7.04. The van der Waals surface area contributed by atoms with E-state index in [2.05, 4.69) is 45.8 Å². The summed E-state index contributed by atoms with van der Waals surface area (Å²) >= 11 is 3.45. The van der Waals surface area contributed by atoms with Crippen LogP contribution in [-0.4, -0.2) is 15.6 Å². The molecule has 4 nitrogen and oxygen atoms in total. The molecule has 0 unspecified atom stereocenters. The number of hydrogen-bond acceptors (Lipinski definition) is 4. The standard InChI is InChI=1S/C16H18BrN3O/c1-4-11-12(17)14(18)20-15(19-11)10-7-5-6-9-8-16(2,3)21-13(9)10/h5-7H,4,8H2,1-3H3,(H2,18,19,20). The zero-order chi connectivity index (χ0) is 15.2. The molecule has 1 aromatic heterocycles. The van der Waals surface area contributed by atoms with Gasteiger partial charge in [-0.05, 0) is 47.8 Å². The van der Waals surface area contributed by atoms with Crippen LogP contribution in [0.1, 0.15) is 32.0 Å². The van der Waals surface area contributed by atoms with Crippen LogP contribution >= 0.6 is 15.9 Å². The van der Waals surface area contributed by atoms with E-state index in [0.717, 1.165) is 34.3 Å². The highest BCUT2D eigenvalue weighted by Gasteiger charge is 2.32. The van der Waals surface area contributed by atoms with Gasteiger partial charge in [0.1, 0.15) is 17.2 Å². The maximum atomic E-state index is 6.09. The number of anilines is 1. The van der Waals surface area contributed by atoms with Crippen LogP contribution in [0.15, 0.2) is 22.7 Å². The van der Waals surface area contributed by atoms with Gasteiger partial charge in [0.2, 0.25) is 0 Å². The van der Waals surface area contributed by atoms with Crippen molar-refractivity contribution >= 4 is 21.7 Å². The minimum atomic E-state index is -0.188. The molecule has 110 valence electrons. The molecule has 1 aliphatic heterocycles. The van der Waals surface area contributed by atoms with E-state index in [1.54, 1.807) is 0 Å². The normalized spacial score (nSPS) is 15.6. The van der Waals surface area contributed by atoms with Crippen LogP contribution in [0.4, 0.5) is 5.82 Å².